The fourth-order valence-corrected chi connectivity index (χ4v) is 4.27. The van der Waals surface area contributed by atoms with Crippen molar-refractivity contribution in [2.24, 2.45) is 0 Å². The fourth-order valence-electron chi connectivity index (χ4n) is 4.27. The number of carbonyl (C=O) groups excluding carboxylic acids is 2. The summed E-state index contributed by atoms with van der Waals surface area (Å²) in [5.41, 5.74) is 1.69. The van der Waals surface area contributed by atoms with Crippen molar-refractivity contribution in [1.82, 2.24) is 9.80 Å². The molecule has 2 heterocycles. The molecule has 2 atom stereocenters. The molecule has 0 N–H and O–H groups in total. The zero-order valence-electron chi connectivity index (χ0n) is 15.5. The minimum atomic E-state index is -0.260. The predicted octanol–water partition coefficient (Wildman–Crippen LogP) is 3.10. The lowest BCUT2D eigenvalue weighted by atomic mass is 10.1. The molecule has 2 fully saturated rings. The maximum atomic E-state index is 13.1. The zero-order chi connectivity index (χ0) is 18.8. The molecular formula is C22H24N2O3. The van der Waals surface area contributed by atoms with Gasteiger partial charge in [-0.15, -0.1) is 0 Å². The Morgan fingerprint density at radius 1 is 1.04 bits per heavy atom. The highest BCUT2D eigenvalue weighted by atomic mass is 16.5. The number of fused-ring (bicyclic) bond motifs is 2. The molecule has 0 spiro atoms. The lowest BCUT2D eigenvalue weighted by molar-refractivity contribution is -0.128. The highest BCUT2D eigenvalue weighted by molar-refractivity contribution is 6.06. The number of carbonyl (C=O) groups is 2. The van der Waals surface area contributed by atoms with Gasteiger partial charge in [0.2, 0.25) is 5.91 Å². The molecule has 2 aliphatic rings. The number of likely N-dealkylation sites (tertiary alicyclic amines) is 1. The Labute approximate surface area is 159 Å². The molecule has 2 aromatic carbocycles. The number of nitrogens with zero attached hydrogens (tertiary/aromatic N) is 2. The summed E-state index contributed by atoms with van der Waals surface area (Å²) in [7, 11) is 1.54. The standard InChI is InChI=1S/C22H24N2O3/c1-27-20-10-6-5-9-19(20)22(26)24-15-18-12-11-17(13-21(24)25)23(18)14-16-7-3-2-4-8-16/h2-10,17-18H,11-15H2,1H3/t17-,18+/m1/s1. The highest BCUT2D eigenvalue weighted by Crippen LogP contribution is 2.33. The molecule has 2 bridgehead atoms. The van der Waals surface area contributed by atoms with Crippen LogP contribution in [0.3, 0.4) is 0 Å². The number of rotatable bonds is 4. The first-order valence-corrected chi connectivity index (χ1v) is 9.44. The monoisotopic (exact) mass is 364 g/mol. The number of methoxy groups -OCH3 is 1. The summed E-state index contributed by atoms with van der Waals surface area (Å²) in [5, 5.41) is 0. The van der Waals surface area contributed by atoms with Crippen LogP contribution in [-0.2, 0) is 11.3 Å². The van der Waals surface area contributed by atoms with Gasteiger partial charge in [-0.05, 0) is 30.5 Å². The van der Waals surface area contributed by atoms with Crippen molar-refractivity contribution in [2.45, 2.75) is 37.9 Å². The van der Waals surface area contributed by atoms with E-state index in [1.54, 1.807) is 25.3 Å². The Morgan fingerprint density at radius 3 is 2.52 bits per heavy atom. The number of imide groups is 1. The zero-order valence-corrected chi connectivity index (χ0v) is 15.5. The van der Waals surface area contributed by atoms with Gasteiger partial charge < -0.3 is 4.74 Å². The molecule has 4 rings (SSSR count). The van der Waals surface area contributed by atoms with Crippen molar-refractivity contribution < 1.29 is 14.3 Å². The van der Waals surface area contributed by atoms with E-state index in [0.717, 1.165) is 19.4 Å². The summed E-state index contributed by atoms with van der Waals surface area (Å²) < 4.78 is 5.32. The summed E-state index contributed by atoms with van der Waals surface area (Å²) in [4.78, 5) is 29.8. The van der Waals surface area contributed by atoms with Crippen molar-refractivity contribution in [2.75, 3.05) is 13.7 Å². The second-order valence-electron chi connectivity index (χ2n) is 7.26. The maximum Gasteiger partial charge on any atom is 0.264 e. The van der Waals surface area contributed by atoms with Crippen molar-refractivity contribution >= 4 is 11.8 Å². The number of hydrogen-bond acceptors (Lipinski definition) is 4. The summed E-state index contributed by atoms with van der Waals surface area (Å²) in [6.07, 6.45) is 2.42. The van der Waals surface area contributed by atoms with E-state index in [1.807, 2.05) is 24.3 Å². The Kier molecular flexibility index (Phi) is 4.94. The van der Waals surface area contributed by atoms with Crippen LogP contribution in [0.2, 0.25) is 0 Å². The molecule has 2 aromatic rings. The van der Waals surface area contributed by atoms with Gasteiger partial charge in [-0.1, -0.05) is 42.5 Å². The average Bonchev–Trinajstić information content (AvgIpc) is 3.00. The van der Waals surface area contributed by atoms with Crippen LogP contribution in [-0.4, -0.2) is 47.4 Å². The number of para-hydroxylation sites is 1. The lowest BCUT2D eigenvalue weighted by Gasteiger charge is -2.28. The van der Waals surface area contributed by atoms with Gasteiger partial charge in [-0.2, -0.15) is 0 Å². The van der Waals surface area contributed by atoms with Gasteiger partial charge in [0, 0.05) is 31.6 Å². The molecule has 0 aliphatic carbocycles. The van der Waals surface area contributed by atoms with Gasteiger partial charge in [0.25, 0.3) is 5.91 Å². The minimum Gasteiger partial charge on any atom is -0.496 e. The van der Waals surface area contributed by atoms with Crippen LogP contribution < -0.4 is 4.74 Å². The number of hydrogen-bond donors (Lipinski definition) is 0. The first kappa shape index (κ1) is 17.7. The summed E-state index contributed by atoms with van der Waals surface area (Å²) >= 11 is 0. The second-order valence-corrected chi connectivity index (χ2v) is 7.26. The van der Waals surface area contributed by atoms with E-state index >= 15 is 0 Å². The van der Waals surface area contributed by atoms with Gasteiger partial charge in [0.1, 0.15) is 5.75 Å². The molecule has 140 valence electrons. The molecule has 5 heteroatoms. The first-order chi connectivity index (χ1) is 13.2. The van der Waals surface area contributed by atoms with Crippen LogP contribution >= 0.6 is 0 Å². The van der Waals surface area contributed by atoms with Crippen LogP contribution in [0, 0.1) is 0 Å². The molecule has 2 amide bonds. The Bertz CT molecular complexity index is 836. The molecule has 0 radical (unpaired) electrons. The smallest absolute Gasteiger partial charge is 0.264 e. The van der Waals surface area contributed by atoms with Gasteiger partial charge in [0.15, 0.2) is 0 Å². The van der Waals surface area contributed by atoms with Crippen molar-refractivity contribution in [1.29, 1.82) is 0 Å². The molecule has 0 aromatic heterocycles. The van der Waals surface area contributed by atoms with Crippen LogP contribution in [0.4, 0.5) is 0 Å². The maximum absolute atomic E-state index is 13.1. The van der Waals surface area contributed by atoms with E-state index in [4.69, 9.17) is 4.74 Å². The second kappa shape index (κ2) is 7.53. The third kappa shape index (κ3) is 3.47. The molecule has 2 aliphatic heterocycles. The van der Waals surface area contributed by atoms with Crippen LogP contribution in [0.15, 0.2) is 54.6 Å². The van der Waals surface area contributed by atoms with Gasteiger partial charge in [0.05, 0.1) is 12.7 Å². The third-order valence-corrected chi connectivity index (χ3v) is 5.67. The van der Waals surface area contributed by atoms with Crippen molar-refractivity contribution in [3.05, 3.63) is 65.7 Å². The van der Waals surface area contributed by atoms with Crippen LogP contribution in [0.1, 0.15) is 35.2 Å². The van der Waals surface area contributed by atoms with Crippen molar-refractivity contribution in [3.8, 4) is 5.75 Å². The normalized spacial score (nSPS) is 22.6. The van der Waals surface area contributed by atoms with Gasteiger partial charge in [-0.3, -0.25) is 19.4 Å². The predicted molar refractivity (Wildman–Crippen MR) is 102 cm³/mol. The lowest BCUT2D eigenvalue weighted by Crippen LogP contribution is -2.42. The van der Waals surface area contributed by atoms with E-state index in [0.29, 0.717) is 24.3 Å². The molecule has 0 saturated carbocycles. The Morgan fingerprint density at radius 2 is 1.74 bits per heavy atom. The summed E-state index contributed by atoms with van der Waals surface area (Å²) in [6, 6.07) is 17.8. The van der Waals surface area contributed by atoms with E-state index in [9.17, 15) is 9.59 Å². The number of ether oxygens (including phenoxy) is 1. The topological polar surface area (TPSA) is 49.9 Å². The fraction of sp³-hybridized carbons (Fsp3) is 0.364. The largest absolute Gasteiger partial charge is 0.496 e. The first-order valence-electron chi connectivity index (χ1n) is 9.44. The summed E-state index contributed by atoms with van der Waals surface area (Å²) in [5.74, 6) is 0.159. The molecule has 0 unspecified atom stereocenters. The molecule has 27 heavy (non-hydrogen) atoms. The van der Waals surface area contributed by atoms with E-state index in [2.05, 4.69) is 17.0 Å². The number of amides is 2. The molecular weight excluding hydrogens is 340 g/mol. The van der Waals surface area contributed by atoms with Crippen LogP contribution in [0.5, 0.6) is 5.75 Å². The van der Waals surface area contributed by atoms with E-state index in [1.165, 1.54) is 10.5 Å². The minimum absolute atomic E-state index is 0.0869. The van der Waals surface area contributed by atoms with Gasteiger partial charge in [-0.25, -0.2) is 0 Å². The third-order valence-electron chi connectivity index (χ3n) is 5.67. The Balaban J connectivity index is 1.57. The van der Waals surface area contributed by atoms with Crippen molar-refractivity contribution in [3.63, 3.8) is 0 Å². The molecule has 5 nitrogen and oxygen atoms in total. The highest BCUT2D eigenvalue weighted by Gasteiger charge is 2.42. The quantitative estimate of drug-likeness (QED) is 0.783. The SMILES string of the molecule is COc1ccccc1C(=O)N1C[C@@H]2CC[C@H](CC1=O)N2Cc1ccccc1. The summed E-state index contributed by atoms with van der Waals surface area (Å²) in [6.45, 7) is 1.26. The van der Waals surface area contributed by atoms with Crippen LogP contribution in [0.25, 0.3) is 0 Å². The van der Waals surface area contributed by atoms with E-state index < -0.39 is 0 Å². The average molecular weight is 364 g/mol. The Hall–Kier alpha value is -2.66. The molecule has 2 saturated heterocycles. The van der Waals surface area contributed by atoms with Gasteiger partial charge >= 0.3 is 0 Å². The van der Waals surface area contributed by atoms with E-state index in [-0.39, 0.29) is 23.9 Å². The number of benzene rings is 2.